The average Bonchev–Trinajstić information content (AvgIpc) is 2.91. The van der Waals surface area contributed by atoms with E-state index < -0.39 is 48.5 Å². The fourth-order valence-corrected chi connectivity index (χ4v) is 4.26. The summed E-state index contributed by atoms with van der Waals surface area (Å²) in [5.41, 5.74) is -4.96. The molecule has 1 N–H and O–H groups in total. The van der Waals surface area contributed by atoms with Gasteiger partial charge in [0.05, 0.1) is 13.2 Å². The number of rotatable bonds is 8. The molecule has 0 aliphatic carbocycles. The first-order chi connectivity index (χ1) is 14.1. The highest BCUT2D eigenvalue weighted by molar-refractivity contribution is 7.87. The first-order valence-electron chi connectivity index (χ1n) is 9.68. The van der Waals surface area contributed by atoms with Crippen LogP contribution in [0, 0.1) is 0 Å². The number of benzene rings is 1. The first kappa shape index (κ1) is 26.2. The van der Waals surface area contributed by atoms with Crippen LogP contribution < -0.4 is 0 Å². The number of halogens is 3. The Labute approximate surface area is 181 Å². The van der Waals surface area contributed by atoms with Gasteiger partial charge < -0.3 is 19.0 Å². The second-order valence-electron chi connectivity index (χ2n) is 8.86. The van der Waals surface area contributed by atoms with E-state index in [2.05, 4.69) is 4.18 Å². The second-order valence-corrected chi connectivity index (χ2v) is 15.2. The maximum Gasteiger partial charge on any atom is 0.523 e. The van der Waals surface area contributed by atoms with Gasteiger partial charge in [0.25, 0.3) is 0 Å². The number of ether oxygens (including phenoxy) is 2. The van der Waals surface area contributed by atoms with Gasteiger partial charge in [-0.3, -0.25) is 4.18 Å². The summed E-state index contributed by atoms with van der Waals surface area (Å²) in [6.07, 6.45) is -6.17. The minimum Gasteiger partial charge on any atom is -0.414 e. The maximum absolute atomic E-state index is 12.9. The highest BCUT2D eigenvalue weighted by Gasteiger charge is 2.55. The molecule has 1 aliphatic rings. The van der Waals surface area contributed by atoms with Gasteiger partial charge in [0.2, 0.25) is 0 Å². The molecule has 1 fully saturated rings. The topological polar surface area (TPSA) is 91.3 Å². The van der Waals surface area contributed by atoms with E-state index >= 15 is 0 Å². The van der Waals surface area contributed by atoms with Gasteiger partial charge >= 0.3 is 15.6 Å². The van der Waals surface area contributed by atoms with Gasteiger partial charge in [-0.05, 0) is 23.7 Å². The predicted octanol–water partition coefficient (Wildman–Crippen LogP) is 3.55. The van der Waals surface area contributed by atoms with Gasteiger partial charge in [-0.2, -0.15) is 21.6 Å². The van der Waals surface area contributed by atoms with Gasteiger partial charge in [-0.25, -0.2) is 0 Å². The Hall–Kier alpha value is -1.02. The van der Waals surface area contributed by atoms with Crippen molar-refractivity contribution >= 4 is 18.4 Å². The highest BCUT2D eigenvalue weighted by Crippen LogP contribution is 2.38. The second kappa shape index (κ2) is 9.46. The number of hydrogen-bond donors (Lipinski definition) is 1. The number of aliphatic hydroxyl groups excluding tert-OH is 1. The predicted molar refractivity (Wildman–Crippen MR) is 109 cm³/mol. The lowest BCUT2D eigenvalue weighted by Crippen LogP contribution is -2.46. The molecule has 31 heavy (non-hydrogen) atoms. The summed E-state index contributed by atoms with van der Waals surface area (Å²) in [4.78, 5) is 0. The first-order valence-corrected chi connectivity index (χ1v) is 14.0. The molecule has 0 spiro atoms. The van der Waals surface area contributed by atoms with Crippen LogP contribution in [0.2, 0.25) is 18.1 Å². The third-order valence-electron chi connectivity index (χ3n) is 5.51. The van der Waals surface area contributed by atoms with E-state index in [1.54, 1.807) is 30.3 Å². The Morgan fingerprint density at radius 2 is 1.68 bits per heavy atom. The molecule has 1 heterocycles. The molecule has 0 amide bonds. The molecule has 0 bridgehead atoms. The quantitative estimate of drug-likeness (QED) is 0.341. The summed E-state index contributed by atoms with van der Waals surface area (Å²) in [7, 11) is -8.29. The highest BCUT2D eigenvalue weighted by atomic mass is 32.2. The van der Waals surface area contributed by atoms with E-state index in [1.165, 1.54) is 0 Å². The zero-order chi connectivity index (χ0) is 23.7. The monoisotopic (exact) mass is 486 g/mol. The lowest BCUT2D eigenvalue weighted by Gasteiger charge is -2.37. The SMILES string of the molecule is CC(C)(C)[Si](C)(C)OC[C@H]1O[C@@H](O)[C@H](OCc2ccccc2)[C@H]1OS(=O)(=O)C(F)(F)F. The van der Waals surface area contributed by atoms with Crippen molar-refractivity contribution in [3.05, 3.63) is 35.9 Å². The van der Waals surface area contributed by atoms with Crippen molar-refractivity contribution in [1.82, 2.24) is 0 Å². The molecule has 2 rings (SSSR count). The minimum absolute atomic E-state index is 0.0896. The lowest BCUT2D eigenvalue weighted by atomic mass is 10.1. The third kappa shape index (κ3) is 6.50. The van der Waals surface area contributed by atoms with Crippen LogP contribution in [-0.4, -0.2) is 58.6 Å². The number of aliphatic hydroxyl groups is 1. The van der Waals surface area contributed by atoms with Crippen LogP contribution in [0.25, 0.3) is 0 Å². The van der Waals surface area contributed by atoms with Crippen molar-refractivity contribution in [2.75, 3.05) is 6.61 Å². The zero-order valence-electron chi connectivity index (χ0n) is 18.0. The van der Waals surface area contributed by atoms with Gasteiger partial charge in [0.15, 0.2) is 14.6 Å². The van der Waals surface area contributed by atoms with Crippen LogP contribution in [-0.2, 0) is 34.8 Å². The standard InChI is InChI=1S/C19H29F3O7SSi/c1-18(2,3)31(4,5)27-12-14-15(29-30(24,25)19(20,21)22)16(17(23)28-14)26-11-13-9-7-6-8-10-13/h6-10,14-17,23H,11-12H2,1-5H3/t14-,15+,16-,17-/m1/s1. The van der Waals surface area contributed by atoms with E-state index in [4.69, 9.17) is 13.9 Å². The summed E-state index contributed by atoms with van der Waals surface area (Å²) in [5, 5.41) is 10.0. The minimum atomic E-state index is -5.95. The molecule has 1 saturated heterocycles. The van der Waals surface area contributed by atoms with E-state index in [9.17, 15) is 26.7 Å². The molecule has 7 nitrogen and oxygen atoms in total. The van der Waals surface area contributed by atoms with Gasteiger partial charge in [-0.1, -0.05) is 51.1 Å². The van der Waals surface area contributed by atoms with Crippen molar-refractivity contribution in [1.29, 1.82) is 0 Å². The van der Waals surface area contributed by atoms with Gasteiger partial charge in [-0.15, -0.1) is 0 Å². The maximum atomic E-state index is 12.9. The molecular weight excluding hydrogens is 457 g/mol. The Morgan fingerprint density at radius 3 is 2.19 bits per heavy atom. The smallest absolute Gasteiger partial charge is 0.414 e. The van der Waals surface area contributed by atoms with Gasteiger partial charge in [0, 0.05) is 0 Å². The summed E-state index contributed by atoms with van der Waals surface area (Å²) in [5.74, 6) is 0. The molecule has 1 aromatic carbocycles. The van der Waals surface area contributed by atoms with Crippen LogP contribution in [0.4, 0.5) is 13.2 Å². The van der Waals surface area contributed by atoms with Crippen molar-refractivity contribution in [3.63, 3.8) is 0 Å². The fraction of sp³-hybridized carbons (Fsp3) is 0.684. The van der Waals surface area contributed by atoms with E-state index in [0.29, 0.717) is 5.56 Å². The van der Waals surface area contributed by atoms with Crippen molar-refractivity contribution in [2.45, 2.75) is 75.6 Å². The largest absolute Gasteiger partial charge is 0.523 e. The van der Waals surface area contributed by atoms with E-state index in [1.807, 2.05) is 33.9 Å². The van der Waals surface area contributed by atoms with Crippen LogP contribution in [0.3, 0.4) is 0 Å². The molecule has 4 atom stereocenters. The Balaban J connectivity index is 2.23. The number of hydrogen-bond acceptors (Lipinski definition) is 7. The van der Waals surface area contributed by atoms with Crippen LogP contribution in [0.15, 0.2) is 30.3 Å². The zero-order valence-corrected chi connectivity index (χ0v) is 19.9. The molecule has 178 valence electrons. The summed E-state index contributed by atoms with van der Waals surface area (Å²) in [6.45, 7) is 9.41. The Morgan fingerprint density at radius 1 is 1.10 bits per heavy atom. The summed E-state index contributed by atoms with van der Waals surface area (Å²) < 4.78 is 83.4. The molecule has 0 radical (unpaired) electrons. The van der Waals surface area contributed by atoms with E-state index in [0.717, 1.165) is 0 Å². The Kier molecular flexibility index (Phi) is 8.00. The lowest BCUT2D eigenvalue weighted by molar-refractivity contribution is -0.149. The van der Waals surface area contributed by atoms with Gasteiger partial charge in [0.1, 0.15) is 18.3 Å². The van der Waals surface area contributed by atoms with Crippen LogP contribution in [0.1, 0.15) is 26.3 Å². The molecule has 1 aromatic rings. The van der Waals surface area contributed by atoms with Crippen LogP contribution in [0.5, 0.6) is 0 Å². The summed E-state index contributed by atoms with van der Waals surface area (Å²) >= 11 is 0. The molecule has 0 saturated carbocycles. The Bertz CT molecular complexity index is 825. The molecule has 12 heteroatoms. The average molecular weight is 487 g/mol. The van der Waals surface area contributed by atoms with E-state index in [-0.39, 0.29) is 18.3 Å². The van der Waals surface area contributed by atoms with Crippen molar-refractivity contribution < 1.29 is 44.8 Å². The molecule has 1 aliphatic heterocycles. The fourth-order valence-electron chi connectivity index (χ4n) is 2.61. The van der Waals surface area contributed by atoms with Crippen molar-refractivity contribution in [2.24, 2.45) is 0 Å². The molecular formula is C19H29F3O7SSi. The van der Waals surface area contributed by atoms with Crippen molar-refractivity contribution in [3.8, 4) is 0 Å². The molecule has 0 aromatic heterocycles. The normalized spacial score (nSPS) is 25.7. The number of alkyl halides is 3. The third-order valence-corrected chi connectivity index (χ3v) is 11.0. The molecule has 0 unspecified atom stereocenters. The summed E-state index contributed by atoms with van der Waals surface area (Å²) in [6, 6.07) is 8.66. The van der Waals surface area contributed by atoms with Crippen LogP contribution >= 0.6 is 0 Å².